The Morgan fingerprint density at radius 1 is 0.897 bits per heavy atom. The first-order chi connectivity index (χ1) is 13.6. The van der Waals surface area contributed by atoms with Crippen LogP contribution in [-0.4, -0.2) is 27.2 Å². The fraction of sp³-hybridized carbons (Fsp3) is 0.600. The summed E-state index contributed by atoms with van der Waals surface area (Å²) >= 11 is -2.33. The van der Waals surface area contributed by atoms with Gasteiger partial charge in [-0.2, -0.15) is 0 Å². The topological polar surface area (TPSA) is 109 Å². The molecule has 7 nitrogen and oxygen atoms in total. The summed E-state index contributed by atoms with van der Waals surface area (Å²) in [5.74, 6) is -0.657. The molecule has 0 radical (unpaired) electrons. The molecule has 29 heavy (non-hydrogen) atoms. The summed E-state index contributed by atoms with van der Waals surface area (Å²) in [5.41, 5.74) is 0. The van der Waals surface area contributed by atoms with Gasteiger partial charge >= 0.3 is 29.6 Å². The molecule has 0 saturated heterocycles. The van der Waals surface area contributed by atoms with E-state index in [2.05, 4.69) is 15.5 Å². The third-order valence-electron chi connectivity index (χ3n) is 3.74. The molecule has 2 amide bonds. The normalized spacial score (nSPS) is 12.8. The fourth-order valence-corrected chi connectivity index (χ4v) is 2.55. The molecule has 0 spiro atoms. The van der Waals surface area contributed by atoms with E-state index in [4.69, 9.17) is 0 Å². The van der Waals surface area contributed by atoms with Crippen LogP contribution in [0.3, 0.4) is 0 Å². The number of amides is 2. The largest absolute Gasteiger partial charge is 1.00 e. The van der Waals surface area contributed by atoms with Gasteiger partial charge in [0.25, 0.3) is 11.8 Å². The Morgan fingerprint density at radius 2 is 1.34 bits per heavy atom. The number of unbranched alkanes of at least 4 members (excludes halogenated alkanes) is 9. The van der Waals surface area contributed by atoms with Crippen molar-refractivity contribution in [3.05, 3.63) is 36.8 Å². The molecule has 0 aromatic carbocycles. The second-order valence-electron chi connectivity index (χ2n) is 6.19. The Bertz CT molecular complexity index is 518. The number of carbonyl (C=O) groups is 2. The van der Waals surface area contributed by atoms with Crippen molar-refractivity contribution in [1.29, 1.82) is 0 Å². The second-order valence-corrected chi connectivity index (χ2v) is 6.83. The Balaban J connectivity index is 0. The van der Waals surface area contributed by atoms with Crippen LogP contribution in [0.2, 0.25) is 0 Å². The summed E-state index contributed by atoms with van der Waals surface area (Å²) in [6, 6.07) is 3.67. The molecule has 160 valence electrons. The molecule has 0 bridgehead atoms. The minimum atomic E-state index is -2.33. The van der Waals surface area contributed by atoms with Crippen LogP contribution in [0.15, 0.2) is 41.2 Å². The second kappa shape index (κ2) is 23.5. The molecule has 1 N–H and O–H groups in total. The monoisotopic (exact) mass is 437 g/mol. The number of furan rings is 1. The van der Waals surface area contributed by atoms with Gasteiger partial charge in [0, 0.05) is 12.2 Å². The number of rotatable bonds is 12. The Labute approximate surface area is 198 Å². The van der Waals surface area contributed by atoms with Crippen LogP contribution in [0.5, 0.6) is 0 Å². The standard InChI is InChI=1S/C12H26O3S.C4H3NO2.C4H4O.Na/c1-2-3-4-5-6-7-8-9-10-11-12-15-16(13)14;6-3-1-2-4(7)5-3;1-2-4-5-3-1;/h2-12H2,1H3,(H,13,14);1-2H,(H,5,6,7);1-4H;/q;;;+1/p-1. The minimum absolute atomic E-state index is 0. The van der Waals surface area contributed by atoms with Crippen LogP contribution in [0.1, 0.15) is 71.1 Å². The summed E-state index contributed by atoms with van der Waals surface area (Å²) in [6.45, 7) is 2.57. The molecule has 2 rings (SSSR count). The third-order valence-corrected chi connectivity index (χ3v) is 4.09. The third kappa shape index (κ3) is 25.2. The van der Waals surface area contributed by atoms with Gasteiger partial charge in [-0.1, -0.05) is 64.7 Å². The molecule has 1 aromatic heterocycles. The number of hydrogen-bond acceptors (Lipinski definition) is 6. The van der Waals surface area contributed by atoms with Crippen molar-refractivity contribution in [1.82, 2.24) is 5.32 Å². The number of imide groups is 1. The van der Waals surface area contributed by atoms with Crippen LogP contribution in [0, 0.1) is 0 Å². The zero-order valence-corrected chi connectivity index (χ0v) is 20.4. The zero-order chi connectivity index (χ0) is 20.9. The molecule has 1 unspecified atom stereocenters. The summed E-state index contributed by atoms with van der Waals surface area (Å²) in [7, 11) is 0. The summed E-state index contributed by atoms with van der Waals surface area (Å²) in [6.07, 6.45) is 18.1. The van der Waals surface area contributed by atoms with Crippen LogP contribution >= 0.6 is 0 Å². The van der Waals surface area contributed by atoms with Crippen LogP contribution in [0.25, 0.3) is 0 Å². The van der Waals surface area contributed by atoms with E-state index in [1.807, 2.05) is 17.4 Å². The van der Waals surface area contributed by atoms with E-state index in [0.29, 0.717) is 6.61 Å². The maximum atomic E-state index is 10.0. The van der Waals surface area contributed by atoms with Crippen molar-refractivity contribution < 1.29 is 56.5 Å². The Kier molecular flexibility index (Phi) is 24.7. The van der Waals surface area contributed by atoms with Crippen molar-refractivity contribution >= 4 is 23.2 Å². The number of hydrogen-bond donors (Lipinski definition) is 1. The SMILES string of the molecule is CCCCCCCCCCCCOS(=O)[O-].O=C1C=CC(=O)N1.[Na+].c1ccoc1. The molecular formula is C20H32NNaO6S. The molecule has 1 aliphatic rings. The van der Waals surface area contributed by atoms with E-state index in [1.165, 1.54) is 63.5 Å². The maximum Gasteiger partial charge on any atom is 1.00 e. The molecule has 2 heterocycles. The maximum absolute atomic E-state index is 10.0. The average Bonchev–Trinajstić information content (AvgIpc) is 3.35. The van der Waals surface area contributed by atoms with Gasteiger partial charge < -0.3 is 13.2 Å². The van der Waals surface area contributed by atoms with Gasteiger partial charge in [0.15, 0.2) is 0 Å². The van der Waals surface area contributed by atoms with Gasteiger partial charge in [0.1, 0.15) is 0 Å². The first kappa shape index (κ1) is 30.4. The number of nitrogens with one attached hydrogen (secondary N) is 1. The average molecular weight is 438 g/mol. The van der Waals surface area contributed by atoms with Crippen molar-refractivity contribution in [2.75, 3.05) is 6.61 Å². The Morgan fingerprint density at radius 3 is 1.66 bits per heavy atom. The smallest absolute Gasteiger partial charge is 0.750 e. The first-order valence-corrected chi connectivity index (χ1v) is 10.8. The molecule has 0 fully saturated rings. The minimum Gasteiger partial charge on any atom is -0.750 e. The molecule has 1 aromatic rings. The van der Waals surface area contributed by atoms with Crippen LogP contribution in [-0.2, 0) is 25.1 Å². The van der Waals surface area contributed by atoms with E-state index in [1.54, 1.807) is 12.5 Å². The Hall–Kier alpha value is -0.770. The van der Waals surface area contributed by atoms with E-state index in [9.17, 15) is 18.4 Å². The van der Waals surface area contributed by atoms with Crippen LogP contribution < -0.4 is 34.9 Å². The molecular weight excluding hydrogens is 405 g/mol. The number of carbonyl (C=O) groups excluding carboxylic acids is 2. The quantitative estimate of drug-likeness (QED) is 0.228. The van der Waals surface area contributed by atoms with E-state index in [0.717, 1.165) is 12.8 Å². The molecule has 0 aliphatic carbocycles. The van der Waals surface area contributed by atoms with Crippen molar-refractivity contribution in [3.63, 3.8) is 0 Å². The van der Waals surface area contributed by atoms with E-state index in [-0.39, 0.29) is 41.4 Å². The molecule has 1 aliphatic heterocycles. The molecule has 9 heteroatoms. The summed E-state index contributed by atoms with van der Waals surface area (Å²) in [4.78, 5) is 20.1. The predicted octanol–water partition coefficient (Wildman–Crippen LogP) is 1.20. The van der Waals surface area contributed by atoms with E-state index < -0.39 is 11.4 Å². The molecule has 1 atom stereocenters. The first-order valence-electron chi connectivity index (χ1n) is 9.79. The van der Waals surface area contributed by atoms with Crippen LogP contribution in [0.4, 0.5) is 0 Å². The van der Waals surface area contributed by atoms with Crippen molar-refractivity contribution in [2.45, 2.75) is 71.1 Å². The van der Waals surface area contributed by atoms with Gasteiger partial charge in [-0.05, 0) is 18.6 Å². The predicted molar refractivity (Wildman–Crippen MR) is 108 cm³/mol. The van der Waals surface area contributed by atoms with Crippen molar-refractivity contribution in [3.8, 4) is 0 Å². The van der Waals surface area contributed by atoms with Gasteiger partial charge in [-0.25, -0.2) is 4.21 Å². The van der Waals surface area contributed by atoms with Crippen molar-refractivity contribution in [2.24, 2.45) is 0 Å². The summed E-state index contributed by atoms with van der Waals surface area (Å²) in [5, 5.41) is 2.03. The van der Waals surface area contributed by atoms with Gasteiger partial charge in [-0.15, -0.1) is 0 Å². The zero-order valence-electron chi connectivity index (χ0n) is 17.6. The van der Waals surface area contributed by atoms with E-state index >= 15 is 0 Å². The molecule has 0 saturated carbocycles. The summed E-state index contributed by atoms with van der Waals surface area (Å²) < 4.78 is 29.1. The fourth-order valence-electron chi connectivity index (χ4n) is 2.30. The van der Waals surface area contributed by atoms with Gasteiger partial charge in [0.05, 0.1) is 30.5 Å². The van der Waals surface area contributed by atoms with Gasteiger partial charge in [0.2, 0.25) is 0 Å². The van der Waals surface area contributed by atoms with Gasteiger partial charge in [-0.3, -0.25) is 14.9 Å².